The number of nitrogens with zero attached hydrogens (tertiary/aromatic N) is 2. The maximum absolute atomic E-state index is 5.96. The van der Waals surface area contributed by atoms with Crippen molar-refractivity contribution in [3.05, 3.63) is 16.8 Å². The quantitative estimate of drug-likeness (QED) is 0.861. The minimum atomic E-state index is 0.353. The van der Waals surface area contributed by atoms with Gasteiger partial charge >= 0.3 is 0 Å². The molecule has 0 radical (unpaired) electrons. The highest BCUT2D eigenvalue weighted by molar-refractivity contribution is 7.16. The number of hydrogen-bond acceptors (Lipinski definition) is 4. The van der Waals surface area contributed by atoms with Crippen LogP contribution in [0.4, 0.5) is 5.00 Å². The second kappa shape index (κ2) is 4.25. The van der Waals surface area contributed by atoms with Crippen molar-refractivity contribution in [3.63, 3.8) is 0 Å². The van der Waals surface area contributed by atoms with E-state index in [1.165, 1.54) is 4.88 Å². The van der Waals surface area contributed by atoms with Crippen molar-refractivity contribution in [2.45, 2.75) is 33.1 Å². The van der Waals surface area contributed by atoms with Crippen LogP contribution in [0.15, 0.2) is 6.07 Å². The van der Waals surface area contributed by atoms with Crippen molar-refractivity contribution in [2.75, 3.05) is 5.73 Å². The van der Waals surface area contributed by atoms with E-state index in [-0.39, 0.29) is 0 Å². The third kappa shape index (κ3) is 1.95. The standard InChI is InChI=1S/C11H16N4S/c1-4-7-5-8(9(12)16-7)11-13-10(6(2)3)14-15-11/h5-6H,4,12H2,1-3H3,(H,13,14,15). The number of rotatable bonds is 3. The zero-order valence-electron chi connectivity index (χ0n) is 9.74. The number of nitrogens with two attached hydrogens (primary N) is 1. The first-order chi connectivity index (χ1) is 7.61. The minimum absolute atomic E-state index is 0.353. The van der Waals surface area contributed by atoms with Crippen LogP contribution in [-0.2, 0) is 6.42 Å². The molecule has 16 heavy (non-hydrogen) atoms. The Morgan fingerprint density at radius 3 is 2.75 bits per heavy atom. The van der Waals surface area contributed by atoms with Gasteiger partial charge in [0.2, 0.25) is 0 Å². The molecular formula is C11H16N4S. The molecule has 0 aliphatic heterocycles. The number of aromatic nitrogens is 3. The highest BCUT2D eigenvalue weighted by atomic mass is 32.1. The molecule has 0 saturated heterocycles. The molecule has 5 heteroatoms. The number of thiophene rings is 1. The lowest BCUT2D eigenvalue weighted by atomic mass is 10.2. The summed E-state index contributed by atoms with van der Waals surface area (Å²) in [5.41, 5.74) is 6.91. The van der Waals surface area contributed by atoms with Crippen LogP contribution >= 0.6 is 11.3 Å². The Morgan fingerprint density at radius 1 is 1.50 bits per heavy atom. The van der Waals surface area contributed by atoms with Gasteiger partial charge in [0.1, 0.15) is 5.82 Å². The van der Waals surface area contributed by atoms with Crippen LogP contribution in [0, 0.1) is 0 Å². The summed E-state index contributed by atoms with van der Waals surface area (Å²) in [6.45, 7) is 6.28. The summed E-state index contributed by atoms with van der Waals surface area (Å²) in [6, 6.07) is 2.08. The normalized spacial score (nSPS) is 11.2. The summed E-state index contributed by atoms with van der Waals surface area (Å²) >= 11 is 1.61. The highest BCUT2D eigenvalue weighted by Crippen LogP contribution is 2.32. The summed E-state index contributed by atoms with van der Waals surface area (Å²) in [5, 5.41) is 7.95. The van der Waals surface area contributed by atoms with Gasteiger partial charge in [0.05, 0.1) is 10.6 Å². The Balaban J connectivity index is 2.38. The van der Waals surface area contributed by atoms with Crippen molar-refractivity contribution >= 4 is 16.3 Å². The number of anilines is 1. The minimum Gasteiger partial charge on any atom is -0.390 e. The Morgan fingerprint density at radius 2 is 2.25 bits per heavy atom. The van der Waals surface area contributed by atoms with Crippen LogP contribution < -0.4 is 5.73 Å². The summed E-state index contributed by atoms with van der Waals surface area (Å²) in [4.78, 5) is 5.72. The van der Waals surface area contributed by atoms with Crippen LogP contribution in [0.3, 0.4) is 0 Å². The predicted molar refractivity (Wildman–Crippen MR) is 67.6 cm³/mol. The van der Waals surface area contributed by atoms with Gasteiger partial charge < -0.3 is 5.73 Å². The monoisotopic (exact) mass is 236 g/mol. The third-order valence-corrected chi connectivity index (χ3v) is 3.56. The number of nitrogens with one attached hydrogen (secondary N) is 1. The summed E-state index contributed by atoms with van der Waals surface area (Å²) in [6.07, 6.45) is 0.996. The maximum atomic E-state index is 5.96. The van der Waals surface area contributed by atoms with Gasteiger partial charge in [-0.15, -0.1) is 11.3 Å². The number of nitrogen functional groups attached to an aromatic ring is 1. The first-order valence-corrected chi connectivity index (χ1v) is 6.24. The van der Waals surface area contributed by atoms with Gasteiger partial charge in [-0.3, -0.25) is 5.10 Å². The predicted octanol–water partition coefficient (Wildman–Crippen LogP) is 2.80. The fourth-order valence-corrected chi connectivity index (χ4v) is 2.32. The van der Waals surface area contributed by atoms with Crippen LogP contribution in [0.2, 0.25) is 0 Å². The van der Waals surface area contributed by atoms with E-state index >= 15 is 0 Å². The first-order valence-electron chi connectivity index (χ1n) is 5.42. The molecule has 0 aliphatic carbocycles. The van der Waals surface area contributed by atoms with Crippen molar-refractivity contribution in [1.82, 2.24) is 15.2 Å². The molecule has 86 valence electrons. The van der Waals surface area contributed by atoms with Crippen LogP contribution in [-0.4, -0.2) is 15.2 Å². The Hall–Kier alpha value is -1.36. The van der Waals surface area contributed by atoms with E-state index in [0.717, 1.165) is 22.8 Å². The molecule has 0 saturated carbocycles. The molecule has 0 atom stereocenters. The van der Waals surface area contributed by atoms with Gasteiger partial charge in [-0.05, 0) is 12.5 Å². The van der Waals surface area contributed by atoms with Crippen LogP contribution in [0.1, 0.15) is 37.4 Å². The first kappa shape index (κ1) is 11.1. The largest absolute Gasteiger partial charge is 0.390 e. The molecule has 2 aromatic rings. The summed E-state index contributed by atoms with van der Waals surface area (Å²) < 4.78 is 0. The van der Waals surface area contributed by atoms with Crippen molar-refractivity contribution < 1.29 is 0 Å². The Kier molecular flexibility index (Phi) is 2.96. The van der Waals surface area contributed by atoms with Gasteiger partial charge in [0, 0.05) is 10.8 Å². The molecule has 4 nitrogen and oxygen atoms in total. The van der Waals surface area contributed by atoms with Gasteiger partial charge in [-0.1, -0.05) is 20.8 Å². The fraction of sp³-hybridized carbons (Fsp3) is 0.455. The SMILES string of the molecule is CCc1cc(-c2n[nH]c(C(C)C)n2)c(N)s1. The van der Waals surface area contributed by atoms with E-state index in [4.69, 9.17) is 5.73 Å². The Labute approximate surface area is 98.9 Å². The number of aromatic amines is 1. The van der Waals surface area contributed by atoms with Crippen LogP contribution in [0.25, 0.3) is 11.4 Å². The zero-order valence-corrected chi connectivity index (χ0v) is 10.6. The molecular weight excluding hydrogens is 220 g/mol. The summed E-state index contributed by atoms with van der Waals surface area (Å²) in [5.74, 6) is 1.96. The smallest absolute Gasteiger partial charge is 0.184 e. The summed E-state index contributed by atoms with van der Waals surface area (Å²) in [7, 11) is 0. The maximum Gasteiger partial charge on any atom is 0.184 e. The molecule has 3 N–H and O–H groups in total. The average Bonchev–Trinajstić information content (AvgIpc) is 2.83. The van der Waals surface area contributed by atoms with E-state index < -0.39 is 0 Å². The van der Waals surface area contributed by atoms with E-state index in [1.807, 2.05) is 0 Å². The number of aryl methyl sites for hydroxylation is 1. The van der Waals surface area contributed by atoms with E-state index in [1.54, 1.807) is 11.3 Å². The molecule has 2 aromatic heterocycles. The lowest BCUT2D eigenvalue weighted by molar-refractivity contribution is 0.781. The van der Waals surface area contributed by atoms with Gasteiger partial charge in [-0.2, -0.15) is 5.10 Å². The number of H-pyrrole nitrogens is 1. The molecule has 0 unspecified atom stereocenters. The van der Waals surface area contributed by atoms with E-state index in [2.05, 4.69) is 42.0 Å². The highest BCUT2D eigenvalue weighted by Gasteiger charge is 2.13. The second-order valence-electron chi connectivity index (χ2n) is 4.04. The zero-order chi connectivity index (χ0) is 11.7. The van der Waals surface area contributed by atoms with Gasteiger partial charge in [0.15, 0.2) is 5.82 Å². The topological polar surface area (TPSA) is 67.6 Å². The molecule has 0 aromatic carbocycles. The third-order valence-electron chi connectivity index (χ3n) is 2.45. The van der Waals surface area contributed by atoms with E-state index in [9.17, 15) is 0 Å². The van der Waals surface area contributed by atoms with Crippen molar-refractivity contribution in [3.8, 4) is 11.4 Å². The second-order valence-corrected chi connectivity index (χ2v) is 5.21. The Bertz CT molecular complexity index is 484. The molecule has 2 heterocycles. The van der Waals surface area contributed by atoms with Crippen molar-refractivity contribution in [2.24, 2.45) is 0 Å². The van der Waals surface area contributed by atoms with E-state index in [0.29, 0.717) is 11.7 Å². The molecule has 0 bridgehead atoms. The lowest BCUT2D eigenvalue weighted by Crippen LogP contribution is -1.89. The molecule has 0 fully saturated rings. The molecule has 0 amide bonds. The van der Waals surface area contributed by atoms with Gasteiger partial charge in [0.25, 0.3) is 0 Å². The van der Waals surface area contributed by atoms with Crippen LogP contribution in [0.5, 0.6) is 0 Å². The van der Waals surface area contributed by atoms with Gasteiger partial charge in [-0.25, -0.2) is 4.98 Å². The lowest BCUT2D eigenvalue weighted by Gasteiger charge is -1.95. The molecule has 2 rings (SSSR count). The molecule has 0 aliphatic rings. The molecule has 0 spiro atoms. The number of hydrogen-bond donors (Lipinski definition) is 2. The average molecular weight is 236 g/mol. The fourth-order valence-electron chi connectivity index (χ4n) is 1.46. The van der Waals surface area contributed by atoms with Crippen molar-refractivity contribution in [1.29, 1.82) is 0 Å².